The van der Waals surface area contributed by atoms with Crippen molar-refractivity contribution in [3.05, 3.63) is 35.7 Å². The van der Waals surface area contributed by atoms with E-state index in [0.717, 1.165) is 5.69 Å². The quantitative estimate of drug-likeness (QED) is 0.801. The van der Waals surface area contributed by atoms with Gasteiger partial charge in [-0.1, -0.05) is 19.9 Å². The maximum absolute atomic E-state index is 11.7. The third-order valence-corrected chi connectivity index (χ3v) is 2.97. The van der Waals surface area contributed by atoms with Gasteiger partial charge in [0.15, 0.2) is 0 Å². The zero-order chi connectivity index (χ0) is 14.7. The van der Waals surface area contributed by atoms with Crippen molar-refractivity contribution in [1.29, 1.82) is 0 Å². The highest BCUT2D eigenvalue weighted by Crippen LogP contribution is 2.33. The molecule has 0 bridgehead atoms. The number of methoxy groups -OCH3 is 2. The molecule has 0 spiro atoms. The van der Waals surface area contributed by atoms with Gasteiger partial charge in [0.25, 0.3) is 0 Å². The van der Waals surface area contributed by atoms with Crippen LogP contribution in [0.2, 0.25) is 0 Å². The fourth-order valence-electron chi connectivity index (χ4n) is 1.87. The molecule has 106 valence electrons. The van der Waals surface area contributed by atoms with Crippen LogP contribution in [0, 0.1) is 0 Å². The summed E-state index contributed by atoms with van der Waals surface area (Å²) in [5.41, 5.74) is 1.82. The zero-order valence-corrected chi connectivity index (χ0v) is 12.0. The van der Waals surface area contributed by atoms with Crippen molar-refractivity contribution in [1.82, 2.24) is 4.98 Å². The summed E-state index contributed by atoms with van der Waals surface area (Å²) in [5.74, 6) is 0.634. The molecule has 0 aliphatic heterocycles. The number of rotatable bonds is 4. The van der Waals surface area contributed by atoms with E-state index in [-0.39, 0.29) is 5.92 Å². The summed E-state index contributed by atoms with van der Waals surface area (Å²) in [5, 5.41) is 0. The molecule has 5 heteroatoms. The first-order valence-corrected chi connectivity index (χ1v) is 6.29. The second kappa shape index (κ2) is 5.77. The summed E-state index contributed by atoms with van der Waals surface area (Å²) in [4.78, 5) is 16.2. The predicted octanol–water partition coefficient (Wildman–Crippen LogP) is 3.26. The van der Waals surface area contributed by atoms with Crippen molar-refractivity contribution in [3.8, 4) is 17.2 Å². The molecule has 2 rings (SSSR count). The Morgan fingerprint density at radius 1 is 1.30 bits per heavy atom. The minimum atomic E-state index is -0.459. The lowest BCUT2D eigenvalue weighted by molar-refractivity contribution is 0.0597. The lowest BCUT2D eigenvalue weighted by Crippen LogP contribution is -2.05. The standard InChI is InChI=1S/C15H17NO4/c1-9(2)12-8-20-14(16-12)10-6-5-7-11(13(10)18-3)15(17)19-4/h5-9H,1-4H3. The van der Waals surface area contributed by atoms with Crippen molar-refractivity contribution < 1.29 is 18.7 Å². The van der Waals surface area contributed by atoms with Gasteiger partial charge in [-0.3, -0.25) is 0 Å². The van der Waals surface area contributed by atoms with Gasteiger partial charge in [-0.05, 0) is 18.1 Å². The van der Waals surface area contributed by atoms with Crippen molar-refractivity contribution in [3.63, 3.8) is 0 Å². The van der Waals surface area contributed by atoms with Crippen LogP contribution in [0.15, 0.2) is 28.9 Å². The Kier molecular flexibility index (Phi) is 4.08. The largest absolute Gasteiger partial charge is 0.495 e. The molecule has 0 fully saturated rings. The number of benzene rings is 1. The Balaban J connectivity index is 2.53. The van der Waals surface area contributed by atoms with E-state index < -0.39 is 5.97 Å². The molecule has 2 aromatic rings. The molecule has 20 heavy (non-hydrogen) atoms. The third-order valence-electron chi connectivity index (χ3n) is 2.97. The minimum Gasteiger partial charge on any atom is -0.495 e. The molecule has 0 radical (unpaired) electrons. The van der Waals surface area contributed by atoms with Crippen molar-refractivity contribution in [2.75, 3.05) is 14.2 Å². The van der Waals surface area contributed by atoms with Crippen LogP contribution in [-0.4, -0.2) is 25.2 Å². The van der Waals surface area contributed by atoms with Crippen LogP contribution in [0.5, 0.6) is 5.75 Å². The summed E-state index contributed by atoms with van der Waals surface area (Å²) in [6.07, 6.45) is 1.62. The van der Waals surface area contributed by atoms with Gasteiger partial charge in [-0.25, -0.2) is 9.78 Å². The summed E-state index contributed by atoms with van der Waals surface area (Å²) < 4.78 is 15.5. The van der Waals surface area contributed by atoms with E-state index >= 15 is 0 Å². The van der Waals surface area contributed by atoms with Crippen LogP contribution < -0.4 is 4.74 Å². The number of nitrogens with zero attached hydrogens (tertiary/aromatic N) is 1. The fraction of sp³-hybridized carbons (Fsp3) is 0.333. The van der Waals surface area contributed by atoms with E-state index in [0.29, 0.717) is 22.8 Å². The minimum absolute atomic E-state index is 0.266. The van der Waals surface area contributed by atoms with Gasteiger partial charge in [0.2, 0.25) is 5.89 Å². The zero-order valence-electron chi connectivity index (χ0n) is 12.0. The van der Waals surface area contributed by atoms with E-state index in [1.165, 1.54) is 14.2 Å². The van der Waals surface area contributed by atoms with Crippen LogP contribution in [0.1, 0.15) is 35.8 Å². The highest BCUT2D eigenvalue weighted by Gasteiger charge is 2.20. The molecular formula is C15H17NO4. The van der Waals surface area contributed by atoms with Crippen LogP contribution in [0.3, 0.4) is 0 Å². The monoisotopic (exact) mass is 275 g/mol. The highest BCUT2D eigenvalue weighted by atomic mass is 16.5. The van der Waals surface area contributed by atoms with E-state index in [1.54, 1.807) is 24.5 Å². The van der Waals surface area contributed by atoms with Crippen molar-refractivity contribution in [2.24, 2.45) is 0 Å². The number of carbonyl (C=O) groups is 1. The van der Waals surface area contributed by atoms with E-state index in [2.05, 4.69) is 4.98 Å². The Labute approximate surface area is 117 Å². The van der Waals surface area contributed by atoms with Gasteiger partial charge in [0.05, 0.1) is 25.5 Å². The number of oxazole rings is 1. The van der Waals surface area contributed by atoms with Crippen LogP contribution in [-0.2, 0) is 4.74 Å². The van der Waals surface area contributed by atoms with Crippen LogP contribution in [0.25, 0.3) is 11.5 Å². The first-order chi connectivity index (χ1) is 9.58. The summed E-state index contributed by atoms with van der Waals surface area (Å²) in [7, 11) is 2.83. The molecule has 5 nitrogen and oxygen atoms in total. The maximum Gasteiger partial charge on any atom is 0.341 e. The van der Waals surface area contributed by atoms with Gasteiger partial charge < -0.3 is 13.9 Å². The van der Waals surface area contributed by atoms with Gasteiger partial charge >= 0.3 is 5.97 Å². The second-order valence-electron chi connectivity index (χ2n) is 4.61. The molecule has 0 aliphatic rings. The number of para-hydroxylation sites is 1. The molecule has 0 N–H and O–H groups in total. The van der Waals surface area contributed by atoms with E-state index in [9.17, 15) is 4.79 Å². The normalized spacial score (nSPS) is 10.7. The van der Waals surface area contributed by atoms with Crippen LogP contribution >= 0.6 is 0 Å². The summed E-state index contributed by atoms with van der Waals surface area (Å²) >= 11 is 0. The Morgan fingerprint density at radius 3 is 2.60 bits per heavy atom. The number of aromatic nitrogens is 1. The Morgan fingerprint density at radius 2 is 2.05 bits per heavy atom. The first-order valence-electron chi connectivity index (χ1n) is 6.29. The average Bonchev–Trinajstić information content (AvgIpc) is 2.95. The van der Waals surface area contributed by atoms with Crippen molar-refractivity contribution >= 4 is 5.97 Å². The summed E-state index contributed by atoms with van der Waals surface area (Å²) in [6, 6.07) is 5.17. The molecule has 0 saturated heterocycles. The number of carbonyl (C=O) groups excluding carboxylic acids is 1. The maximum atomic E-state index is 11.7. The van der Waals surface area contributed by atoms with Gasteiger partial charge in [0, 0.05) is 0 Å². The van der Waals surface area contributed by atoms with Gasteiger partial charge in [0.1, 0.15) is 17.6 Å². The van der Waals surface area contributed by atoms with Gasteiger partial charge in [-0.2, -0.15) is 0 Å². The lowest BCUT2D eigenvalue weighted by Gasteiger charge is -2.09. The third kappa shape index (κ3) is 2.52. The average molecular weight is 275 g/mol. The smallest absolute Gasteiger partial charge is 0.341 e. The molecule has 0 amide bonds. The fourth-order valence-corrected chi connectivity index (χ4v) is 1.87. The molecule has 0 unspecified atom stereocenters. The molecule has 1 aromatic carbocycles. The molecule has 1 aromatic heterocycles. The Bertz CT molecular complexity index is 616. The SMILES string of the molecule is COC(=O)c1cccc(-c2nc(C(C)C)co2)c1OC. The second-order valence-corrected chi connectivity index (χ2v) is 4.61. The molecule has 0 saturated carbocycles. The Hall–Kier alpha value is -2.30. The molecule has 0 aliphatic carbocycles. The number of esters is 1. The molecule has 0 atom stereocenters. The molecule has 1 heterocycles. The topological polar surface area (TPSA) is 61.6 Å². The molecular weight excluding hydrogens is 258 g/mol. The van der Waals surface area contributed by atoms with E-state index in [1.807, 2.05) is 13.8 Å². The lowest BCUT2D eigenvalue weighted by atomic mass is 10.1. The van der Waals surface area contributed by atoms with E-state index in [4.69, 9.17) is 13.9 Å². The number of ether oxygens (including phenoxy) is 2. The number of hydrogen-bond acceptors (Lipinski definition) is 5. The van der Waals surface area contributed by atoms with Gasteiger partial charge in [-0.15, -0.1) is 0 Å². The highest BCUT2D eigenvalue weighted by molar-refractivity contribution is 5.95. The summed E-state index contributed by atoms with van der Waals surface area (Å²) in [6.45, 7) is 4.06. The van der Waals surface area contributed by atoms with Crippen molar-refractivity contribution in [2.45, 2.75) is 19.8 Å². The number of hydrogen-bond donors (Lipinski definition) is 0. The van der Waals surface area contributed by atoms with Crippen LogP contribution in [0.4, 0.5) is 0 Å². The predicted molar refractivity (Wildman–Crippen MR) is 73.9 cm³/mol. The first kappa shape index (κ1) is 14.1.